The third-order valence-electron chi connectivity index (χ3n) is 2.82. The summed E-state index contributed by atoms with van der Waals surface area (Å²) in [5.74, 6) is -0.486. The smallest absolute Gasteiger partial charge is 0.268 e. The van der Waals surface area contributed by atoms with Crippen molar-refractivity contribution in [3.8, 4) is 0 Å². The van der Waals surface area contributed by atoms with Crippen LogP contribution in [-0.4, -0.2) is 15.3 Å². The molecule has 1 heterocycles. The average Bonchev–Trinajstić information content (AvgIpc) is 2.42. The fraction of sp³-hybridized carbons (Fsp3) is 0.214. The third kappa shape index (κ3) is 3.39. The van der Waals surface area contributed by atoms with E-state index in [2.05, 4.69) is 20.9 Å². The Labute approximate surface area is 123 Å². The van der Waals surface area contributed by atoms with Crippen LogP contribution in [0.15, 0.2) is 39.9 Å². The molecule has 0 aliphatic heterocycles. The van der Waals surface area contributed by atoms with Crippen molar-refractivity contribution >= 4 is 21.7 Å². The number of benzene rings is 1. The number of carbonyl (C=O) groups excluding carboxylic acids is 1. The molecule has 0 saturated carbocycles. The normalized spacial score (nSPS) is 10.6. The van der Waals surface area contributed by atoms with E-state index in [9.17, 15) is 14.0 Å². The van der Waals surface area contributed by atoms with Gasteiger partial charge in [-0.05, 0) is 40.5 Å². The van der Waals surface area contributed by atoms with Crippen LogP contribution >= 0.6 is 15.9 Å². The number of halogens is 2. The molecular weight excluding hydrogens is 327 g/mol. The lowest BCUT2D eigenvalue weighted by Gasteiger charge is -2.06. The summed E-state index contributed by atoms with van der Waals surface area (Å²) < 4.78 is 14.4. The van der Waals surface area contributed by atoms with Gasteiger partial charge in [0.2, 0.25) is 0 Å². The van der Waals surface area contributed by atoms with E-state index in [1.54, 1.807) is 19.1 Å². The highest BCUT2D eigenvalue weighted by Crippen LogP contribution is 2.07. The summed E-state index contributed by atoms with van der Waals surface area (Å²) in [7, 11) is 0. The monoisotopic (exact) mass is 338 g/mol. The summed E-state index contributed by atoms with van der Waals surface area (Å²) >= 11 is 3.15. The molecule has 2 aromatic rings. The van der Waals surface area contributed by atoms with Crippen LogP contribution in [0.3, 0.4) is 0 Å². The molecule has 0 fully saturated rings. The molecule has 20 heavy (non-hydrogen) atoms. The molecule has 0 saturated heterocycles. The number of aromatic nitrogens is 2. The van der Waals surface area contributed by atoms with E-state index in [0.717, 1.165) is 0 Å². The van der Waals surface area contributed by atoms with Gasteiger partial charge in [-0.2, -0.15) is 0 Å². The Morgan fingerprint density at radius 1 is 1.35 bits per heavy atom. The zero-order chi connectivity index (χ0) is 14.7. The molecule has 0 aliphatic carbocycles. The average molecular weight is 339 g/mol. The number of hydrogen-bond acceptors (Lipinski definition) is 3. The van der Waals surface area contributed by atoms with Crippen LogP contribution in [0.25, 0.3) is 0 Å². The number of hydrogen-bond donors (Lipinski definition) is 0. The predicted octanol–water partition coefficient (Wildman–Crippen LogP) is 2.27. The Bertz CT molecular complexity index is 695. The lowest BCUT2D eigenvalue weighted by Crippen LogP contribution is -2.26. The SMILES string of the molecule is Cc1ncn(CC(=O)Cc2ccc(F)cc2)c(=O)c1Br. The second kappa shape index (κ2) is 6.09. The van der Waals surface area contributed by atoms with E-state index in [1.807, 2.05) is 0 Å². The Kier molecular flexibility index (Phi) is 4.44. The van der Waals surface area contributed by atoms with E-state index in [1.165, 1.54) is 23.0 Å². The highest BCUT2D eigenvalue weighted by Gasteiger charge is 2.10. The molecule has 0 bridgehead atoms. The van der Waals surface area contributed by atoms with Crippen molar-refractivity contribution in [3.63, 3.8) is 0 Å². The van der Waals surface area contributed by atoms with Gasteiger partial charge in [-0.3, -0.25) is 14.2 Å². The van der Waals surface area contributed by atoms with Crippen LogP contribution < -0.4 is 5.56 Å². The van der Waals surface area contributed by atoms with Crippen molar-refractivity contribution in [3.05, 3.63) is 62.5 Å². The number of ketones is 1. The first-order valence-electron chi connectivity index (χ1n) is 5.95. The second-order valence-electron chi connectivity index (χ2n) is 4.42. The standard InChI is InChI=1S/C14H12BrFN2O2/c1-9-13(15)14(20)18(8-17-9)7-12(19)6-10-2-4-11(16)5-3-10/h2-5,8H,6-7H2,1H3. The highest BCUT2D eigenvalue weighted by molar-refractivity contribution is 9.10. The molecule has 104 valence electrons. The summed E-state index contributed by atoms with van der Waals surface area (Å²) in [5, 5.41) is 0. The second-order valence-corrected chi connectivity index (χ2v) is 5.21. The minimum absolute atomic E-state index is 0.0535. The lowest BCUT2D eigenvalue weighted by atomic mass is 10.1. The van der Waals surface area contributed by atoms with Crippen molar-refractivity contribution in [2.45, 2.75) is 19.9 Å². The van der Waals surface area contributed by atoms with E-state index >= 15 is 0 Å². The van der Waals surface area contributed by atoms with Crippen molar-refractivity contribution in [2.24, 2.45) is 0 Å². The molecule has 0 atom stereocenters. The fourth-order valence-corrected chi connectivity index (χ4v) is 2.06. The Morgan fingerprint density at radius 3 is 2.65 bits per heavy atom. The zero-order valence-electron chi connectivity index (χ0n) is 10.8. The van der Waals surface area contributed by atoms with Crippen LogP contribution in [-0.2, 0) is 17.8 Å². The quantitative estimate of drug-likeness (QED) is 0.859. The molecule has 0 amide bonds. The van der Waals surface area contributed by atoms with Crippen molar-refractivity contribution in [2.75, 3.05) is 0 Å². The summed E-state index contributed by atoms with van der Waals surface area (Å²) in [6.07, 6.45) is 1.50. The number of aryl methyl sites for hydroxylation is 1. The maximum atomic E-state index is 12.8. The van der Waals surface area contributed by atoms with Crippen molar-refractivity contribution in [1.82, 2.24) is 9.55 Å². The maximum Gasteiger partial charge on any atom is 0.268 e. The molecule has 2 rings (SSSR count). The summed E-state index contributed by atoms with van der Waals surface area (Å²) in [6.45, 7) is 1.65. The first kappa shape index (κ1) is 14.6. The van der Waals surface area contributed by atoms with Gasteiger partial charge in [0.05, 0.1) is 18.6 Å². The molecule has 0 aliphatic rings. The molecule has 0 unspecified atom stereocenters. The van der Waals surface area contributed by atoms with Gasteiger partial charge in [0.15, 0.2) is 5.78 Å². The van der Waals surface area contributed by atoms with Gasteiger partial charge < -0.3 is 0 Å². The number of Topliss-reactive ketones (excluding diaryl/α,β-unsaturated/α-hetero) is 1. The Balaban J connectivity index is 2.11. The van der Waals surface area contributed by atoms with Crippen LogP contribution in [0.4, 0.5) is 4.39 Å². The van der Waals surface area contributed by atoms with E-state index in [0.29, 0.717) is 15.7 Å². The highest BCUT2D eigenvalue weighted by atomic mass is 79.9. The molecule has 1 aromatic heterocycles. The van der Waals surface area contributed by atoms with Crippen LogP contribution in [0, 0.1) is 12.7 Å². The van der Waals surface area contributed by atoms with E-state index in [4.69, 9.17) is 0 Å². The number of carbonyl (C=O) groups is 1. The van der Waals surface area contributed by atoms with Gasteiger partial charge in [0, 0.05) is 6.42 Å². The zero-order valence-corrected chi connectivity index (χ0v) is 12.4. The Morgan fingerprint density at radius 2 is 2.00 bits per heavy atom. The minimum atomic E-state index is -0.343. The van der Waals surface area contributed by atoms with Gasteiger partial charge in [-0.25, -0.2) is 9.37 Å². The molecule has 0 N–H and O–H groups in total. The van der Waals surface area contributed by atoms with Crippen LogP contribution in [0.1, 0.15) is 11.3 Å². The van der Waals surface area contributed by atoms with Gasteiger partial charge in [0.25, 0.3) is 5.56 Å². The number of rotatable bonds is 4. The van der Waals surface area contributed by atoms with E-state index in [-0.39, 0.29) is 30.1 Å². The van der Waals surface area contributed by atoms with Gasteiger partial charge in [-0.15, -0.1) is 0 Å². The lowest BCUT2D eigenvalue weighted by molar-refractivity contribution is -0.119. The molecule has 0 spiro atoms. The van der Waals surface area contributed by atoms with E-state index < -0.39 is 0 Å². The molecule has 0 radical (unpaired) electrons. The van der Waals surface area contributed by atoms with Gasteiger partial charge >= 0.3 is 0 Å². The molecular formula is C14H12BrFN2O2. The van der Waals surface area contributed by atoms with Crippen LogP contribution in [0.5, 0.6) is 0 Å². The predicted molar refractivity (Wildman–Crippen MR) is 76.0 cm³/mol. The Hall–Kier alpha value is -1.82. The first-order valence-corrected chi connectivity index (χ1v) is 6.74. The first-order chi connectivity index (χ1) is 9.47. The van der Waals surface area contributed by atoms with Crippen molar-refractivity contribution in [1.29, 1.82) is 0 Å². The van der Waals surface area contributed by atoms with Gasteiger partial charge in [0.1, 0.15) is 10.3 Å². The third-order valence-corrected chi connectivity index (χ3v) is 3.73. The van der Waals surface area contributed by atoms with Crippen LogP contribution in [0.2, 0.25) is 0 Å². The topological polar surface area (TPSA) is 52.0 Å². The number of nitrogens with zero attached hydrogens (tertiary/aromatic N) is 2. The van der Waals surface area contributed by atoms with Crippen molar-refractivity contribution < 1.29 is 9.18 Å². The summed E-state index contributed by atoms with van der Waals surface area (Å²) in [4.78, 5) is 27.8. The molecule has 4 nitrogen and oxygen atoms in total. The maximum absolute atomic E-state index is 12.8. The molecule has 1 aromatic carbocycles. The fourth-order valence-electron chi connectivity index (χ4n) is 1.73. The molecule has 6 heteroatoms. The summed E-state index contributed by atoms with van der Waals surface area (Å²) in [6, 6.07) is 5.72. The summed E-state index contributed by atoms with van der Waals surface area (Å²) in [5.41, 5.74) is 1.01. The largest absolute Gasteiger partial charge is 0.297 e. The minimum Gasteiger partial charge on any atom is -0.297 e. The van der Waals surface area contributed by atoms with Gasteiger partial charge in [-0.1, -0.05) is 12.1 Å².